The Balaban J connectivity index is 2.65. The van der Waals surface area contributed by atoms with E-state index in [9.17, 15) is 9.90 Å². The molecule has 0 aliphatic heterocycles. The highest BCUT2D eigenvalue weighted by atomic mass is 35.5. The van der Waals surface area contributed by atoms with E-state index in [4.69, 9.17) is 11.8 Å². The van der Waals surface area contributed by atoms with E-state index in [0.717, 1.165) is 0 Å². The van der Waals surface area contributed by atoms with E-state index in [1.165, 1.54) is 6.07 Å². The second kappa shape index (κ2) is 5.73. The average molecular weight is 228 g/mol. The first-order valence-corrected chi connectivity index (χ1v) is 5.17. The molecule has 1 aromatic carbocycles. The summed E-state index contributed by atoms with van der Waals surface area (Å²) in [7, 11) is 0. The van der Waals surface area contributed by atoms with Crippen molar-refractivity contribution < 1.29 is 9.90 Å². The number of para-hydroxylation sites is 1. The number of carbonyl (C=O) groups is 1. The third-order valence-electron chi connectivity index (χ3n) is 2.16. The Labute approximate surface area is 94.2 Å². The number of ketones is 1. The molecule has 0 fully saturated rings. The Bertz CT molecular complexity index is 341. The zero-order valence-electron chi connectivity index (χ0n) is 8.53. The fourth-order valence-corrected chi connectivity index (χ4v) is 1.60. The molecular weight excluding hydrogens is 214 g/mol. The molecule has 0 heterocycles. The van der Waals surface area contributed by atoms with E-state index in [2.05, 4.69) is 4.84 Å². The monoisotopic (exact) mass is 227 g/mol. The summed E-state index contributed by atoms with van der Waals surface area (Å²) in [6, 6.07) is 6.56. The number of rotatable bonds is 5. The van der Waals surface area contributed by atoms with Crippen molar-refractivity contribution in [3.63, 3.8) is 0 Å². The Morgan fingerprint density at radius 3 is 2.80 bits per heavy atom. The maximum atomic E-state index is 11.7. The van der Waals surface area contributed by atoms with E-state index >= 15 is 0 Å². The molecule has 15 heavy (non-hydrogen) atoms. The number of phenolic OH excluding ortho intramolecular Hbond substituents is 1. The summed E-state index contributed by atoms with van der Waals surface area (Å²) in [4.78, 5) is 14.2. The number of carbonyl (C=O) groups excluding carboxylic acids is 1. The molecule has 2 N–H and O–H groups in total. The lowest BCUT2D eigenvalue weighted by molar-refractivity contribution is 0.0962. The molecular formula is C11H14ClNO2. The number of phenols is 1. The fraction of sp³-hybridized carbons (Fsp3) is 0.364. The zero-order valence-corrected chi connectivity index (χ0v) is 9.29. The van der Waals surface area contributed by atoms with Crippen molar-refractivity contribution in [2.24, 2.45) is 5.92 Å². The highest BCUT2D eigenvalue weighted by molar-refractivity contribution is 6.13. The summed E-state index contributed by atoms with van der Waals surface area (Å²) in [5, 5.41) is 9.46. The molecule has 0 saturated heterocycles. The molecule has 1 atom stereocenters. The maximum absolute atomic E-state index is 11.7. The average Bonchev–Trinajstić information content (AvgIpc) is 2.18. The summed E-state index contributed by atoms with van der Waals surface area (Å²) in [6.45, 7) is 2.49. The molecule has 1 aromatic rings. The van der Waals surface area contributed by atoms with Crippen LogP contribution in [0.5, 0.6) is 5.75 Å². The van der Waals surface area contributed by atoms with Crippen LogP contribution in [0, 0.1) is 5.92 Å². The number of halogens is 1. The minimum atomic E-state index is -0.0625. The molecule has 1 unspecified atom stereocenters. The number of hydrogen-bond acceptors (Lipinski definition) is 3. The van der Waals surface area contributed by atoms with Crippen LogP contribution < -0.4 is 4.84 Å². The summed E-state index contributed by atoms with van der Waals surface area (Å²) in [5.41, 5.74) is 0.374. The predicted molar refractivity (Wildman–Crippen MR) is 60.1 cm³/mol. The van der Waals surface area contributed by atoms with Gasteiger partial charge in [0.2, 0.25) is 0 Å². The van der Waals surface area contributed by atoms with Crippen LogP contribution in [0.4, 0.5) is 0 Å². The van der Waals surface area contributed by atoms with Crippen LogP contribution >= 0.6 is 11.8 Å². The molecule has 4 heteroatoms. The smallest absolute Gasteiger partial charge is 0.166 e. The van der Waals surface area contributed by atoms with E-state index in [1.54, 1.807) is 18.2 Å². The summed E-state index contributed by atoms with van der Waals surface area (Å²) in [5.74, 6) is 0.121. The summed E-state index contributed by atoms with van der Waals surface area (Å²) in [6.07, 6.45) is 0.372. The summed E-state index contributed by atoms with van der Waals surface area (Å²) < 4.78 is 0. The van der Waals surface area contributed by atoms with Gasteiger partial charge in [-0.3, -0.25) is 4.79 Å². The lowest BCUT2D eigenvalue weighted by Gasteiger charge is -2.09. The molecule has 0 bridgehead atoms. The number of benzene rings is 1. The maximum Gasteiger partial charge on any atom is 0.166 e. The van der Waals surface area contributed by atoms with Crippen molar-refractivity contribution in [3.8, 4) is 5.75 Å². The highest BCUT2D eigenvalue weighted by Gasteiger charge is 2.13. The van der Waals surface area contributed by atoms with Crippen molar-refractivity contribution in [2.75, 3.05) is 6.54 Å². The molecule has 82 valence electrons. The van der Waals surface area contributed by atoms with Gasteiger partial charge in [0.05, 0.1) is 5.56 Å². The highest BCUT2D eigenvalue weighted by Crippen LogP contribution is 2.19. The Morgan fingerprint density at radius 1 is 1.53 bits per heavy atom. The van der Waals surface area contributed by atoms with Crippen LogP contribution in [-0.2, 0) is 0 Å². The molecule has 1 rings (SSSR count). The molecule has 0 aliphatic carbocycles. The van der Waals surface area contributed by atoms with Crippen molar-refractivity contribution in [2.45, 2.75) is 13.3 Å². The van der Waals surface area contributed by atoms with Gasteiger partial charge in [0.1, 0.15) is 5.75 Å². The van der Waals surface area contributed by atoms with Crippen LogP contribution in [0.3, 0.4) is 0 Å². The molecule has 0 radical (unpaired) electrons. The van der Waals surface area contributed by atoms with Gasteiger partial charge < -0.3 is 5.11 Å². The third kappa shape index (κ3) is 3.53. The Hall–Kier alpha value is -1.06. The minimum absolute atomic E-state index is 0.0357. The van der Waals surface area contributed by atoms with Gasteiger partial charge in [-0.15, -0.1) is 0 Å². The van der Waals surface area contributed by atoms with Gasteiger partial charge in [-0.2, -0.15) is 0 Å². The van der Waals surface area contributed by atoms with Crippen LogP contribution in [0.2, 0.25) is 0 Å². The van der Waals surface area contributed by atoms with Crippen molar-refractivity contribution in [3.05, 3.63) is 29.8 Å². The third-order valence-corrected chi connectivity index (χ3v) is 2.32. The van der Waals surface area contributed by atoms with E-state index in [1.807, 2.05) is 6.92 Å². The molecule has 0 amide bonds. The molecule has 0 spiro atoms. The van der Waals surface area contributed by atoms with Crippen LogP contribution in [0.15, 0.2) is 24.3 Å². The molecule has 0 aromatic heterocycles. The number of nitrogens with one attached hydrogen (secondary N) is 1. The Kier molecular flexibility index (Phi) is 4.59. The first-order valence-electron chi connectivity index (χ1n) is 4.80. The topological polar surface area (TPSA) is 49.3 Å². The van der Waals surface area contributed by atoms with Crippen LogP contribution in [-0.4, -0.2) is 17.4 Å². The van der Waals surface area contributed by atoms with Gasteiger partial charge in [0.15, 0.2) is 5.78 Å². The lowest BCUT2D eigenvalue weighted by atomic mass is 9.99. The van der Waals surface area contributed by atoms with Crippen LogP contribution in [0.1, 0.15) is 23.7 Å². The van der Waals surface area contributed by atoms with Gasteiger partial charge in [0.25, 0.3) is 0 Å². The van der Waals surface area contributed by atoms with Crippen molar-refractivity contribution >= 4 is 17.6 Å². The second-order valence-electron chi connectivity index (χ2n) is 3.59. The quantitative estimate of drug-likeness (QED) is 0.600. The second-order valence-corrected chi connectivity index (χ2v) is 3.85. The first kappa shape index (κ1) is 12.0. The van der Waals surface area contributed by atoms with Gasteiger partial charge in [-0.1, -0.05) is 19.1 Å². The van der Waals surface area contributed by atoms with E-state index in [0.29, 0.717) is 18.5 Å². The normalized spacial score (nSPS) is 12.4. The molecule has 0 aliphatic rings. The fourth-order valence-electron chi connectivity index (χ4n) is 1.34. The van der Waals surface area contributed by atoms with Crippen LogP contribution in [0.25, 0.3) is 0 Å². The van der Waals surface area contributed by atoms with Gasteiger partial charge in [-0.05, 0) is 29.8 Å². The van der Waals surface area contributed by atoms with Crippen molar-refractivity contribution in [1.82, 2.24) is 4.84 Å². The predicted octanol–water partition coefficient (Wildman–Crippen LogP) is 2.34. The Morgan fingerprint density at radius 2 is 2.20 bits per heavy atom. The van der Waals surface area contributed by atoms with Gasteiger partial charge >= 0.3 is 0 Å². The minimum Gasteiger partial charge on any atom is -0.507 e. The van der Waals surface area contributed by atoms with E-state index < -0.39 is 0 Å². The van der Waals surface area contributed by atoms with Gasteiger partial charge in [-0.25, -0.2) is 4.84 Å². The summed E-state index contributed by atoms with van der Waals surface area (Å²) >= 11 is 5.35. The number of Topliss-reactive ketones (excluding diaryl/α,β-unsaturated/α-hetero) is 1. The first-order chi connectivity index (χ1) is 7.15. The number of hydrogen-bond donors (Lipinski definition) is 2. The SMILES string of the molecule is CC(CNCl)CC(=O)c1ccccc1O. The molecule has 0 saturated carbocycles. The largest absolute Gasteiger partial charge is 0.507 e. The van der Waals surface area contributed by atoms with Gasteiger partial charge in [0, 0.05) is 13.0 Å². The standard InChI is InChI=1S/C11H14ClNO2/c1-8(7-13-12)6-11(15)9-4-2-3-5-10(9)14/h2-5,8,13-14H,6-7H2,1H3. The zero-order chi connectivity index (χ0) is 11.3. The van der Waals surface area contributed by atoms with Crippen molar-refractivity contribution in [1.29, 1.82) is 0 Å². The molecule has 3 nitrogen and oxygen atoms in total. The lowest BCUT2D eigenvalue weighted by Crippen LogP contribution is -2.15. The van der Waals surface area contributed by atoms with E-state index in [-0.39, 0.29) is 17.5 Å². The number of aromatic hydroxyl groups is 1.